The van der Waals surface area contributed by atoms with Crippen molar-refractivity contribution in [1.82, 2.24) is 0 Å². The first kappa shape index (κ1) is 16.0. The zero-order chi connectivity index (χ0) is 17.9. The van der Waals surface area contributed by atoms with Gasteiger partial charge in [-0.05, 0) is 48.5 Å². The van der Waals surface area contributed by atoms with Crippen molar-refractivity contribution in [3.8, 4) is 23.0 Å². The minimum atomic E-state index is -0.642. The van der Waals surface area contributed by atoms with Crippen molar-refractivity contribution in [3.05, 3.63) is 71.9 Å². The van der Waals surface area contributed by atoms with Gasteiger partial charge in [0.05, 0.1) is 0 Å². The van der Waals surface area contributed by atoms with Gasteiger partial charge >= 0.3 is 5.97 Å². The Morgan fingerprint density at radius 3 is 2.58 bits per heavy atom. The van der Waals surface area contributed by atoms with E-state index in [4.69, 9.17) is 23.4 Å². The molecule has 132 valence electrons. The molecule has 6 nitrogen and oxygen atoms in total. The smallest absolute Gasteiger partial charge is 0.379 e. The van der Waals surface area contributed by atoms with E-state index < -0.39 is 5.97 Å². The lowest BCUT2D eigenvalue weighted by Gasteiger charge is -2.04. The Bertz CT molecular complexity index is 931. The molecule has 26 heavy (non-hydrogen) atoms. The second kappa shape index (κ2) is 6.79. The number of rotatable bonds is 5. The summed E-state index contributed by atoms with van der Waals surface area (Å²) in [6, 6.07) is 13.6. The van der Waals surface area contributed by atoms with Gasteiger partial charge in [0, 0.05) is 6.07 Å². The first-order valence-corrected chi connectivity index (χ1v) is 7.76. The molecule has 0 fully saturated rings. The van der Waals surface area contributed by atoms with Crippen LogP contribution in [0.1, 0.15) is 16.3 Å². The molecule has 1 aliphatic heterocycles. The van der Waals surface area contributed by atoms with Gasteiger partial charge in [0.1, 0.15) is 29.7 Å². The van der Waals surface area contributed by atoms with E-state index in [0.717, 1.165) is 0 Å². The summed E-state index contributed by atoms with van der Waals surface area (Å²) < 4.78 is 39.4. The first-order chi connectivity index (χ1) is 12.7. The second-order valence-electron chi connectivity index (χ2n) is 5.41. The number of ether oxygens (including phenoxy) is 4. The largest absolute Gasteiger partial charge is 0.486 e. The quantitative estimate of drug-likeness (QED) is 0.509. The van der Waals surface area contributed by atoms with E-state index in [1.807, 2.05) is 0 Å². The van der Waals surface area contributed by atoms with Crippen molar-refractivity contribution in [2.75, 3.05) is 6.79 Å². The van der Waals surface area contributed by atoms with Crippen LogP contribution in [-0.4, -0.2) is 12.8 Å². The third-order valence-electron chi connectivity index (χ3n) is 3.61. The zero-order valence-corrected chi connectivity index (χ0v) is 13.4. The lowest BCUT2D eigenvalue weighted by molar-refractivity contribution is 0.0697. The van der Waals surface area contributed by atoms with E-state index in [9.17, 15) is 9.18 Å². The van der Waals surface area contributed by atoms with Crippen molar-refractivity contribution in [3.63, 3.8) is 0 Å². The maximum absolute atomic E-state index is 12.9. The third-order valence-corrected chi connectivity index (χ3v) is 3.61. The van der Waals surface area contributed by atoms with E-state index >= 15 is 0 Å². The topological polar surface area (TPSA) is 67.1 Å². The van der Waals surface area contributed by atoms with Crippen molar-refractivity contribution in [2.45, 2.75) is 6.61 Å². The predicted octanol–water partition coefficient (Wildman–Crippen LogP) is 3.95. The van der Waals surface area contributed by atoms with Gasteiger partial charge < -0.3 is 23.4 Å². The Balaban J connectivity index is 1.37. The van der Waals surface area contributed by atoms with Crippen LogP contribution in [0.5, 0.6) is 23.0 Å². The third kappa shape index (κ3) is 3.46. The maximum atomic E-state index is 12.9. The monoisotopic (exact) mass is 356 g/mol. The fourth-order valence-electron chi connectivity index (χ4n) is 2.35. The zero-order valence-electron chi connectivity index (χ0n) is 13.4. The fourth-order valence-corrected chi connectivity index (χ4v) is 2.35. The molecule has 7 heteroatoms. The van der Waals surface area contributed by atoms with Gasteiger partial charge in [-0.2, -0.15) is 0 Å². The van der Waals surface area contributed by atoms with Crippen LogP contribution in [0.15, 0.2) is 59.0 Å². The van der Waals surface area contributed by atoms with Gasteiger partial charge in [0.2, 0.25) is 12.6 Å². The SMILES string of the molecule is O=C(Oc1ccc2c(c1)OCO2)c1ccc(COc2ccc(F)cc2)o1. The summed E-state index contributed by atoms with van der Waals surface area (Å²) >= 11 is 0. The number of esters is 1. The number of fused-ring (bicyclic) bond motifs is 1. The number of hydrogen-bond acceptors (Lipinski definition) is 6. The summed E-state index contributed by atoms with van der Waals surface area (Å²) in [6.45, 7) is 0.241. The van der Waals surface area contributed by atoms with Gasteiger partial charge in [-0.15, -0.1) is 0 Å². The Labute approximate surface area is 147 Å². The summed E-state index contributed by atoms with van der Waals surface area (Å²) in [5, 5.41) is 0. The molecule has 1 aliphatic rings. The molecule has 0 amide bonds. The molecule has 3 aromatic rings. The van der Waals surface area contributed by atoms with Gasteiger partial charge in [-0.3, -0.25) is 0 Å². The summed E-state index contributed by atoms with van der Waals surface area (Å²) in [5.41, 5.74) is 0. The van der Waals surface area contributed by atoms with Crippen molar-refractivity contribution in [2.24, 2.45) is 0 Å². The summed E-state index contributed by atoms with van der Waals surface area (Å²) in [6.07, 6.45) is 0. The molecule has 0 N–H and O–H groups in total. The molecule has 0 saturated carbocycles. The van der Waals surface area contributed by atoms with Crippen LogP contribution < -0.4 is 18.9 Å². The standard InChI is InChI=1S/C19H13FO6/c20-12-1-3-13(4-2-12)22-10-15-6-8-17(25-15)19(21)26-14-5-7-16-18(9-14)24-11-23-16/h1-9H,10-11H2. The minimum Gasteiger partial charge on any atom is -0.486 e. The molecule has 0 unspecified atom stereocenters. The van der Waals surface area contributed by atoms with Crippen molar-refractivity contribution < 1.29 is 32.5 Å². The molecule has 2 aromatic carbocycles. The molecule has 0 radical (unpaired) electrons. The second-order valence-corrected chi connectivity index (χ2v) is 5.41. The number of benzene rings is 2. The van der Waals surface area contributed by atoms with Crippen LogP contribution in [0, 0.1) is 5.82 Å². The molecule has 0 bridgehead atoms. The van der Waals surface area contributed by atoms with E-state index in [2.05, 4.69) is 0 Å². The number of furan rings is 1. The van der Waals surface area contributed by atoms with E-state index in [0.29, 0.717) is 28.8 Å². The number of carbonyl (C=O) groups excluding carboxylic acids is 1. The van der Waals surface area contributed by atoms with E-state index in [1.54, 1.807) is 24.3 Å². The van der Waals surface area contributed by atoms with E-state index in [1.165, 1.54) is 30.3 Å². The highest BCUT2D eigenvalue weighted by atomic mass is 19.1. The summed E-state index contributed by atoms with van der Waals surface area (Å²) in [7, 11) is 0. The van der Waals surface area contributed by atoms with Crippen LogP contribution in [0.4, 0.5) is 4.39 Å². The Morgan fingerprint density at radius 1 is 0.962 bits per heavy atom. The lowest BCUT2D eigenvalue weighted by Crippen LogP contribution is -2.07. The normalized spacial score (nSPS) is 12.0. The molecule has 0 spiro atoms. The van der Waals surface area contributed by atoms with Crippen molar-refractivity contribution >= 4 is 5.97 Å². The highest BCUT2D eigenvalue weighted by molar-refractivity contribution is 5.88. The van der Waals surface area contributed by atoms with E-state index in [-0.39, 0.29) is 25.0 Å². The minimum absolute atomic E-state index is 0.0420. The lowest BCUT2D eigenvalue weighted by atomic mass is 10.3. The average Bonchev–Trinajstić information content (AvgIpc) is 3.30. The first-order valence-electron chi connectivity index (χ1n) is 7.76. The molecule has 4 rings (SSSR count). The van der Waals surface area contributed by atoms with Gasteiger partial charge in [0.15, 0.2) is 11.5 Å². The molecule has 2 heterocycles. The summed E-state index contributed by atoms with van der Waals surface area (Å²) in [4.78, 5) is 12.2. The fraction of sp³-hybridized carbons (Fsp3) is 0.105. The maximum Gasteiger partial charge on any atom is 0.379 e. The van der Waals surface area contributed by atoms with Crippen LogP contribution in [0.2, 0.25) is 0 Å². The highest BCUT2D eigenvalue weighted by Gasteiger charge is 2.18. The van der Waals surface area contributed by atoms with Gasteiger partial charge in [0.25, 0.3) is 0 Å². The van der Waals surface area contributed by atoms with Gasteiger partial charge in [-0.25, -0.2) is 9.18 Å². The highest BCUT2D eigenvalue weighted by Crippen LogP contribution is 2.35. The van der Waals surface area contributed by atoms with Crippen LogP contribution >= 0.6 is 0 Å². The number of halogens is 1. The van der Waals surface area contributed by atoms with Crippen LogP contribution in [0.25, 0.3) is 0 Å². The van der Waals surface area contributed by atoms with Gasteiger partial charge in [-0.1, -0.05) is 0 Å². The average molecular weight is 356 g/mol. The van der Waals surface area contributed by atoms with Crippen molar-refractivity contribution in [1.29, 1.82) is 0 Å². The Kier molecular flexibility index (Phi) is 4.18. The van der Waals surface area contributed by atoms with Crippen LogP contribution in [0.3, 0.4) is 0 Å². The molecule has 0 aliphatic carbocycles. The summed E-state index contributed by atoms with van der Waals surface area (Å²) in [5.74, 6) is 1.42. The molecular weight excluding hydrogens is 343 g/mol. The molecule has 0 saturated heterocycles. The Hall–Kier alpha value is -3.48. The van der Waals surface area contributed by atoms with Crippen LogP contribution in [-0.2, 0) is 6.61 Å². The molecule has 1 aromatic heterocycles. The molecule has 0 atom stereocenters. The number of carbonyl (C=O) groups is 1. The Morgan fingerprint density at radius 2 is 1.73 bits per heavy atom. The predicted molar refractivity (Wildman–Crippen MR) is 87.0 cm³/mol. The molecular formula is C19H13FO6. The number of hydrogen-bond donors (Lipinski definition) is 0.